The Balaban J connectivity index is 1.48. The Hall–Kier alpha value is -4.46. The average Bonchev–Trinajstić information content (AvgIpc) is 2.84. The van der Waals surface area contributed by atoms with Gasteiger partial charge in [-0.3, -0.25) is 14.8 Å². The van der Waals surface area contributed by atoms with Gasteiger partial charge in [0.15, 0.2) is 0 Å². The van der Waals surface area contributed by atoms with E-state index >= 15 is 0 Å². The minimum Gasteiger partial charge on any atom is -0.508 e. The van der Waals surface area contributed by atoms with Crippen LogP contribution in [-0.2, 0) is 6.54 Å². The summed E-state index contributed by atoms with van der Waals surface area (Å²) < 4.78 is 5.42. The van der Waals surface area contributed by atoms with Crippen molar-refractivity contribution in [1.82, 2.24) is 20.3 Å². The number of methoxy groups -OCH3 is 1. The van der Waals surface area contributed by atoms with Gasteiger partial charge in [-0.25, -0.2) is 4.98 Å². The summed E-state index contributed by atoms with van der Waals surface area (Å²) in [6.45, 7) is 0.322. The standard InChI is InChI=1S/C24H21N5O3/c1-32-22-12-17(7-10-20(22)24(31)27-13-18-4-2-3-11-26-18)28-23-15-25-14-21(29-23)16-5-8-19(30)9-6-16/h2-12,14-15,30H,13H2,1H3,(H,27,31)(H,28,29). The molecule has 8 heteroatoms. The Morgan fingerprint density at radius 2 is 1.91 bits per heavy atom. The Bertz CT molecular complexity index is 1210. The molecule has 4 aromatic rings. The second kappa shape index (κ2) is 9.57. The van der Waals surface area contributed by atoms with Crippen molar-refractivity contribution in [1.29, 1.82) is 0 Å². The van der Waals surface area contributed by atoms with Crippen LogP contribution in [0.2, 0.25) is 0 Å². The van der Waals surface area contributed by atoms with E-state index in [1.165, 1.54) is 7.11 Å². The second-order valence-corrected chi connectivity index (χ2v) is 6.88. The third-order valence-corrected chi connectivity index (χ3v) is 4.67. The zero-order chi connectivity index (χ0) is 22.3. The van der Waals surface area contributed by atoms with Gasteiger partial charge in [0, 0.05) is 23.5 Å². The van der Waals surface area contributed by atoms with Crippen molar-refractivity contribution in [2.75, 3.05) is 12.4 Å². The molecule has 2 heterocycles. The normalized spacial score (nSPS) is 10.4. The lowest BCUT2D eigenvalue weighted by Crippen LogP contribution is -2.23. The van der Waals surface area contributed by atoms with Crippen LogP contribution in [0.5, 0.6) is 11.5 Å². The molecular formula is C24H21N5O3. The zero-order valence-corrected chi connectivity index (χ0v) is 17.3. The number of aromatic nitrogens is 3. The molecule has 0 aliphatic rings. The lowest BCUT2D eigenvalue weighted by Gasteiger charge is -2.12. The Morgan fingerprint density at radius 3 is 2.66 bits per heavy atom. The fraction of sp³-hybridized carbons (Fsp3) is 0.0833. The number of rotatable bonds is 7. The number of pyridine rings is 1. The summed E-state index contributed by atoms with van der Waals surface area (Å²) >= 11 is 0. The third kappa shape index (κ3) is 4.99. The summed E-state index contributed by atoms with van der Waals surface area (Å²) in [6.07, 6.45) is 4.93. The van der Waals surface area contributed by atoms with Crippen LogP contribution in [0, 0.1) is 0 Å². The second-order valence-electron chi connectivity index (χ2n) is 6.88. The highest BCUT2D eigenvalue weighted by molar-refractivity contribution is 5.97. The van der Waals surface area contributed by atoms with Crippen LogP contribution in [0.4, 0.5) is 11.5 Å². The summed E-state index contributed by atoms with van der Waals surface area (Å²) in [7, 11) is 1.51. The minimum absolute atomic E-state index is 0.187. The first-order valence-corrected chi connectivity index (χ1v) is 9.87. The maximum atomic E-state index is 12.6. The number of amides is 1. The molecular weight excluding hydrogens is 406 g/mol. The van der Waals surface area contributed by atoms with Crippen molar-refractivity contribution in [3.8, 4) is 22.8 Å². The van der Waals surface area contributed by atoms with E-state index in [0.717, 1.165) is 11.3 Å². The van der Waals surface area contributed by atoms with Crippen LogP contribution in [0.3, 0.4) is 0 Å². The first-order valence-electron chi connectivity index (χ1n) is 9.87. The number of nitrogens with zero attached hydrogens (tertiary/aromatic N) is 3. The van der Waals surface area contributed by atoms with E-state index < -0.39 is 0 Å². The molecule has 3 N–H and O–H groups in total. The quantitative estimate of drug-likeness (QED) is 0.410. The monoisotopic (exact) mass is 427 g/mol. The van der Waals surface area contributed by atoms with Gasteiger partial charge in [0.1, 0.15) is 17.3 Å². The number of phenolic OH excluding ortho intramolecular Hbond substituents is 1. The molecule has 0 atom stereocenters. The van der Waals surface area contributed by atoms with Crippen molar-refractivity contribution in [2.24, 2.45) is 0 Å². The van der Waals surface area contributed by atoms with Crippen molar-refractivity contribution in [3.05, 3.63) is 90.5 Å². The highest BCUT2D eigenvalue weighted by Gasteiger charge is 2.13. The fourth-order valence-electron chi connectivity index (χ4n) is 3.07. The number of aromatic hydroxyl groups is 1. The number of hydrogen-bond acceptors (Lipinski definition) is 7. The average molecular weight is 427 g/mol. The van der Waals surface area contributed by atoms with E-state index in [0.29, 0.717) is 35.1 Å². The van der Waals surface area contributed by atoms with Gasteiger partial charge in [-0.2, -0.15) is 0 Å². The van der Waals surface area contributed by atoms with Gasteiger partial charge >= 0.3 is 0 Å². The topological polar surface area (TPSA) is 109 Å². The van der Waals surface area contributed by atoms with Gasteiger partial charge in [-0.15, -0.1) is 0 Å². The van der Waals surface area contributed by atoms with E-state index in [2.05, 4.69) is 25.6 Å². The lowest BCUT2D eigenvalue weighted by molar-refractivity contribution is 0.0947. The molecule has 0 bridgehead atoms. The molecule has 0 radical (unpaired) electrons. The van der Waals surface area contributed by atoms with Gasteiger partial charge in [-0.1, -0.05) is 6.07 Å². The van der Waals surface area contributed by atoms with Crippen LogP contribution in [0.1, 0.15) is 16.1 Å². The fourth-order valence-corrected chi connectivity index (χ4v) is 3.07. The number of nitrogens with one attached hydrogen (secondary N) is 2. The predicted molar refractivity (Wildman–Crippen MR) is 121 cm³/mol. The van der Waals surface area contributed by atoms with E-state index in [4.69, 9.17) is 4.74 Å². The van der Waals surface area contributed by atoms with Crippen LogP contribution in [-0.4, -0.2) is 33.1 Å². The number of ether oxygens (including phenoxy) is 1. The molecule has 1 amide bonds. The highest BCUT2D eigenvalue weighted by Crippen LogP contribution is 2.26. The zero-order valence-electron chi connectivity index (χ0n) is 17.3. The Kier molecular flexibility index (Phi) is 6.22. The van der Waals surface area contributed by atoms with Crippen LogP contribution >= 0.6 is 0 Å². The third-order valence-electron chi connectivity index (χ3n) is 4.67. The number of benzene rings is 2. The summed E-state index contributed by atoms with van der Waals surface area (Å²) in [5, 5.41) is 15.5. The van der Waals surface area contributed by atoms with Crippen molar-refractivity contribution >= 4 is 17.4 Å². The SMILES string of the molecule is COc1cc(Nc2cncc(-c3ccc(O)cc3)n2)ccc1C(=O)NCc1ccccn1. The molecule has 32 heavy (non-hydrogen) atoms. The van der Waals surface area contributed by atoms with Gasteiger partial charge < -0.3 is 20.5 Å². The highest BCUT2D eigenvalue weighted by atomic mass is 16.5. The summed E-state index contributed by atoms with van der Waals surface area (Å²) in [5.74, 6) is 0.890. The Morgan fingerprint density at radius 1 is 1.06 bits per heavy atom. The van der Waals surface area contributed by atoms with E-state index in [-0.39, 0.29) is 11.7 Å². The van der Waals surface area contributed by atoms with Crippen LogP contribution in [0.25, 0.3) is 11.3 Å². The molecule has 8 nitrogen and oxygen atoms in total. The van der Waals surface area contributed by atoms with Gasteiger partial charge in [0.2, 0.25) is 0 Å². The first kappa shape index (κ1) is 20.8. The largest absolute Gasteiger partial charge is 0.508 e. The van der Waals surface area contributed by atoms with Gasteiger partial charge in [0.05, 0.1) is 43.0 Å². The molecule has 0 aliphatic heterocycles. The molecule has 2 aromatic heterocycles. The van der Waals surface area contributed by atoms with E-state index in [1.54, 1.807) is 61.1 Å². The van der Waals surface area contributed by atoms with E-state index in [1.807, 2.05) is 18.2 Å². The summed E-state index contributed by atoms with van der Waals surface area (Å²) in [5.41, 5.74) is 3.37. The number of carbonyl (C=O) groups excluding carboxylic acids is 1. The minimum atomic E-state index is -0.256. The first-order chi connectivity index (χ1) is 15.6. The number of carbonyl (C=O) groups is 1. The van der Waals surface area contributed by atoms with Crippen LogP contribution < -0.4 is 15.4 Å². The molecule has 0 unspecified atom stereocenters. The van der Waals surface area contributed by atoms with Gasteiger partial charge in [-0.05, 0) is 48.5 Å². The predicted octanol–water partition coefficient (Wildman–Crippen LogP) is 3.93. The van der Waals surface area contributed by atoms with Crippen molar-refractivity contribution in [3.63, 3.8) is 0 Å². The lowest BCUT2D eigenvalue weighted by atomic mass is 10.1. The molecule has 0 fully saturated rings. The maximum Gasteiger partial charge on any atom is 0.255 e. The molecule has 0 saturated carbocycles. The molecule has 4 rings (SSSR count). The number of hydrogen-bond donors (Lipinski definition) is 3. The molecule has 160 valence electrons. The molecule has 2 aromatic carbocycles. The number of anilines is 2. The van der Waals surface area contributed by atoms with Crippen molar-refractivity contribution < 1.29 is 14.6 Å². The molecule has 0 aliphatic carbocycles. The molecule has 0 saturated heterocycles. The summed E-state index contributed by atoms with van der Waals surface area (Å²) in [4.78, 5) is 25.6. The summed E-state index contributed by atoms with van der Waals surface area (Å²) in [6, 6.07) is 17.5. The Labute approximate surface area is 185 Å². The molecule has 0 spiro atoms. The van der Waals surface area contributed by atoms with Crippen LogP contribution in [0.15, 0.2) is 79.3 Å². The van der Waals surface area contributed by atoms with E-state index in [9.17, 15) is 9.90 Å². The maximum absolute atomic E-state index is 12.6. The number of phenols is 1. The smallest absolute Gasteiger partial charge is 0.255 e. The van der Waals surface area contributed by atoms with Gasteiger partial charge in [0.25, 0.3) is 5.91 Å². The van der Waals surface area contributed by atoms with Crippen molar-refractivity contribution in [2.45, 2.75) is 6.54 Å².